The molecule has 2 N–H and O–H groups in total. The molecule has 0 spiro atoms. The second-order valence-electron chi connectivity index (χ2n) is 8.55. The Hall–Kier alpha value is -3.29. The summed E-state index contributed by atoms with van der Waals surface area (Å²) in [6.45, 7) is 7.17. The van der Waals surface area contributed by atoms with Crippen LogP contribution in [0.4, 0.5) is 0 Å². The monoisotopic (exact) mass is 429 g/mol. The van der Waals surface area contributed by atoms with Crippen molar-refractivity contribution in [1.82, 2.24) is 19.4 Å². The van der Waals surface area contributed by atoms with Gasteiger partial charge < -0.3 is 15.0 Å². The first kappa shape index (κ1) is 20.6. The van der Waals surface area contributed by atoms with Crippen LogP contribution in [0.5, 0.6) is 0 Å². The molecule has 2 aromatic carbocycles. The summed E-state index contributed by atoms with van der Waals surface area (Å²) in [6.07, 6.45) is -0.233. The molecule has 4 aromatic rings. The number of ether oxygens (including phenoxy) is 1. The minimum atomic E-state index is -0.455. The van der Waals surface area contributed by atoms with Crippen LogP contribution in [0.25, 0.3) is 21.9 Å². The Bertz CT molecular complexity index is 1300. The minimum Gasteiger partial charge on any atom is -0.369 e. The van der Waals surface area contributed by atoms with Crippen LogP contribution in [0, 0.1) is 0 Å². The fourth-order valence-electron chi connectivity index (χ4n) is 4.57. The molecule has 3 heterocycles. The third-order valence-corrected chi connectivity index (χ3v) is 6.03. The van der Waals surface area contributed by atoms with E-state index in [9.17, 15) is 4.79 Å². The summed E-state index contributed by atoms with van der Waals surface area (Å²) >= 11 is 0. The standard InChI is InChI=1S/C25H27N5O2/c1-16(2)30-22-10-6-5-9-20(22)28-24(30)15-29-11-12-32-23(14-29)21-13-18(25(26)31)17-7-3-4-8-19(17)27-21/h3-10,13,16,23H,11-12,14-15H2,1-2H3,(H2,26,31)/t23-/m0/s1. The van der Waals surface area contributed by atoms with E-state index in [1.165, 1.54) is 0 Å². The number of morpholine rings is 1. The van der Waals surface area contributed by atoms with E-state index in [-0.39, 0.29) is 6.10 Å². The lowest BCUT2D eigenvalue weighted by atomic mass is 10.0. The van der Waals surface area contributed by atoms with Gasteiger partial charge in [0, 0.05) is 24.5 Å². The highest BCUT2D eigenvalue weighted by molar-refractivity contribution is 6.05. The lowest BCUT2D eigenvalue weighted by Gasteiger charge is -2.33. The fourth-order valence-corrected chi connectivity index (χ4v) is 4.57. The van der Waals surface area contributed by atoms with Crippen LogP contribution in [-0.2, 0) is 11.3 Å². The van der Waals surface area contributed by atoms with E-state index in [0.717, 1.165) is 46.5 Å². The van der Waals surface area contributed by atoms with Gasteiger partial charge in [-0.05, 0) is 38.1 Å². The molecule has 5 rings (SSSR count). The van der Waals surface area contributed by atoms with Gasteiger partial charge in [0.25, 0.3) is 0 Å². The molecular formula is C25H27N5O2. The van der Waals surface area contributed by atoms with Crippen molar-refractivity contribution in [2.45, 2.75) is 32.5 Å². The zero-order valence-electron chi connectivity index (χ0n) is 18.4. The van der Waals surface area contributed by atoms with Gasteiger partial charge in [-0.15, -0.1) is 0 Å². The Labute approximate surface area is 186 Å². The number of imidazole rings is 1. The summed E-state index contributed by atoms with van der Waals surface area (Å²) < 4.78 is 8.37. The number of benzene rings is 2. The number of hydrogen-bond acceptors (Lipinski definition) is 5. The number of carbonyl (C=O) groups excluding carboxylic acids is 1. The van der Waals surface area contributed by atoms with Crippen LogP contribution in [0.2, 0.25) is 0 Å². The van der Waals surface area contributed by atoms with Gasteiger partial charge in [0.05, 0.1) is 41.0 Å². The largest absolute Gasteiger partial charge is 0.369 e. The first-order valence-corrected chi connectivity index (χ1v) is 11.0. The van der Waals surface area contributed by atoms with E-state index in [1.54, 1.807) is 6.07 Å². The lowest BCUT2D eigenvalue weighted by molar-refractivity contribution is -0.0358. The van der Waals surface area contributed by atoms with Crippen molar-refractivity contribution in [2.75, 3.05) is 19.7 Å². The number of nitrogens with two attached hydrogens (primary N) is 1. The third kappa shape index (κ3) is 3.74. The molecule has 0 bridgehead atoms. The topological polar surface area (TPSA) is 86.3 Å². The van der Waals surface area contributed by atoms with E-state index < -0.39 is 5.91 Å². The van der Waals surface area contributed by atoms with Crippen molar-refractivity contribution in [2.24, 2.45) is 5.73 Å². The van der Waals surface area contributed by atoms with Gasteiger partial charge in [0.1, 0.15) is 11.9 Å². The number of pyridine rings is 1. The summed E-state index contributed by atoms with van der Waals surface area (Å²) in [4.78, 5) is 24.1. The van der Waals surface area contributed by atoms with Crippen LogP contribution in [-0.4, -0.2) is 45.0 Å². The maximum absolute atomic E-state index is 12.1. The van der Waals surface area contributed by atoms with Gasteiger partial charge in [0.2, 0.25) is 5.91 Å². The average molecular weight is 430 g/mol. The molecule has 0 aliphatic carbocycles. The number of hydrogen-bond donors (Lipinski definition) is 1. The first-order valence-electron chi connectivity index (χ1n) is 11.0. The number of nitrogens with zero attached hydrogens (tertiary/aromatic N) is 4. The Balaban J connectivity index is 1.44. The maximum atomic E-state index is 12.1. The molecule has 2 aromatic heterocycles. The molecule has 1 fully saturated rings. The van der Waals surface area contributed by atoms with Gasteiger partial charge in [-0.3, -0.25) is 9.69 Å². The van der Waals surface area contributed by atoms with Gasteiger partial charge in [-0.25, -0.2) is 9.97 Å². The Morgan fingerprint density at radius 2 is 1.88 bits per heavy atom. The molecule has 1 atom stereocenters. The number of para-hydroxylation sites is 3. The van der Waals surface area contributed by atoms with Gasteiger partial charge >= 0.3 is 0 Å². The molecule has 7 heteroatoms. The predicted molar refractivity (Wildman–Crippen MR) is 124 cm³/mol. The summed E-state index contributed by atoms with van der Waals surface area (Å²) in [5.41, 5.74) is 9.80. The molecule has 1 aliphatic rings. The number of aromatic nitrogens is 3. The quantitative estimate of drug-likeness (QED) is 0.521. The van der Waals surface area contributed by atoms with Crippen LogP contribution in [0.15, 0.2) is 54.6 Å². The minimum absolute atomic E-state index is 0.233. The molecule has 7 nitrogen and oxygen atoms in total. The van der Waals surface area contributed by atoms with Crippen molar-refractivity contribution in [3.05, 3.63) is 71.7 Å². The van der Waals surface area contributed by atoms with Gasteiger partial charge in [-0.1, -0.05) is 30.3 Å². The van der Waals surface area contributed by atoms with Gasteiger partial charge in [-0.2, -0.15) is 0 Å². The van der Waals surface area contributed by atoms with E-state index in [4.69, 9.17) is 20.4 Å². The highest BCUT2D eigenvalue weighted by Gasteiger charge is 2.26. The van der Waals surface area contributed by atoms with Crippen LogP contribution < -0.4 is 5.73 Å². The summed E-state index contributed by atoms with van der Waals surface area (Å²) in [6, 6.07) is 17.9. The average Bonchev–Trinajstić information content (AvgIpc) is 3.16. The van der Waals surface area contributed by atoms with Crippen molar-refractivity contribution in [3.8, 4) is 0 Å². The molecule has 1 saturated heterocycles. The van der Waals surface area contributed by atoms with Crippen LogP contribution >= 0.6 is 0 Å². The molecule has 1 amide bonds. The van der Waals surface area contributed by atoms with Gasteiger partial charge in [0.15, 0.2) is 0 Å². The molecule has 0 radical (unpaired) electrons. The second kappa shape index (κ2) is 8.33. The van der Waals surface area contributed by atoms with E-state index >= 15 is 0 Å². The summed E-state index contributed by atoms with van der Waals surface area (Å²) in [7, 11) is 0. The van der Waals surface area contributed by atoms with Crippen molar-refractivity contribution in [3.63, 3.8) is 0 Å². The smallest absolute Gasteiger partial charge is 0.249 e. The Morgan fingerprint density at radius 1 is 1.12 bits per heavy atom. The SMILES string of the molecule is CC(C)n1c(CN2CCO[C@H](c3cc(C(N)=O)c4ccccc4n3)C2)nc2ccccc21. The zero-order valence-corrected chi connectivity index (χ0v) is 18.4. The Kier molecular flexibility index (Phi) is 5.36. The molecule has 1 aliphatic heterocycles. The van der Waals surface area contributed by atoms with E-state index in [0.29, 0.717) is 24.8 Å². The molecule has 0 unspecified atom stereocenters. The second-order valence-corrected chi connectivity index (χ2v) is 8.55. The van der Waals surface area contributed by atoms with E-state index in [2.05, 4.69) is 41.5 Å². The maximum Gasteiger partial charge on any atom is 0.249 e. The third-order valence-electron chi connectivity index (χ3n) is 6.03. The van der Waals surface area contributed by atoms with Crippen LogP contribution in [0.3, 0.4) is 0 Å². The molecule has 164 valence electrons. The summed E-state index contributed by atoms with van der Waals surface area (Å²) in [5, 5.41) is 0.766. The van der Waals surface area contributed by atoms with Crippen molar-refractivity contribution >= 4 is 27.8 Å². The van der Waals surface area contributed by atoms with E-state index in [1.807, 2.05) is 30.3 Å². The highest BCUT2D eigenvalue weighted by Crippen LogP contribution is 2.28. The number of amides is 1. The summed E-state index contributed by atoms with van der Waals surface area (Å²) in [5.74, 6) is 0.592. The first-order chi connectivity index (χ1) is 15.5. The Morgan fingerprint density at radius 3 is 2.66 bits per heavy atom. The number of carbonyl (C=O) groups is 1. The fraction of sp³-hybridized carbons (Fsp3) is 0.320. The number of rotatable bonds is 5. The molecule has 0 saturated carbocycles. The molecular weight excluding hydrogens is 402 g/mol. The van der Waals surface area contributed by atoms with Crippen LogP contribution in [0.1, 0.15) is 47.9 Å². The molecule has 32 heavy (non-hydrogen) atoms. The zero-order chi connectivity index (χ0) is 22.2. The predicted octanol–water partition coefficient (Wildman–Crippen LogP) is 3.84. The lowest BCUT2D eigenvalue weighted by Crippen LogP contribution is -2.39. The number of fused-ring (bicyclic) bond motifs is 2. The van der Waals surface area contributed by atoms with Crippen molar-refractivity contribution in [1.29, 1.82) is 0 Å². The number of primary amides is 1. The highest BCUT2D eigenvalue weighted by atomic mass is 16.5. The normalized spacial score (nSPS) is 17.4. The van der Waals surface area contributed by atoms with Crippen molar-refractivity contribution < 1.29 is 9.53 Å².